The molecule has 0 N–H and O–H groups in total. The molecule has 5 heterocycles. The Kier molecular flexibility index (Phi) is 7.20. The molecule has 4 aliphatic heterocycles. The van der Waals surface area contributed by atoms with Crippen molar-refractivity contribution in [3.05, 3.63) is 53.3 Å². The molecule has 1 aromatic carbocycles. The van der Waals surface area contributed by atoms with Crippen LogP contribution < -0.4 is 9.64 Å². The summed E-state index contributed by atoms with van der Waals surface area (Å²) in [7, 11) is 1.73. The number of benzene rings is 1. The molecule has 0 aliphatic carbocycles. The van der Waals surface area contributed by atoms with Crippen LogP contribution in [0.4, 0.5) is 10.2 Å². The van der Waals surface area contributed by atoms with Crippen LogP contribution in [0.3, 0.4) is 0 Å². The van der Waals surface area contributed by atoms with Crippen LogP contribution in [0.5, 0.6) is 5.75 Å². The van der Waals surface area contributed by atoms with E-state index in [1.807, 2.05) is 0 Å². The summed E-state index contributed by atoms with van der Waals surface area (Å²) < 4.78 is 26.9. The average Bonchev–Trinajstić information content (AvgIpc) is 3.16. The highest BCUT2D eigenvalue weighted by molar-refractivity contribution is 6.35. The fourth-order valence-electron chi connectivity index (χ4n) is 6.55. The molecule has 0 spiro atoms. The molecule has 0 saturated carbocycles. The number of piperazine rings is 1. The first-order valence-corrected chi connectivity index (χ1v) is 14.4. The van der Waals surface area contributed by atoms with Gasteiger partial charge in [0.25, 0.3) is 5.91 Å². The molecule has 3 fully saturated rings. The smallest absolute Gasteiger partial charge is 0.261 e. The van der Waals surface area contributed by atoms with Gasteiger partial charge in [-0.3, -0.25) is 14.5 Å². The van der Waals surface area contributed by atoms with Gasteiger partial charge in [0, 0.05) is 63.5 Å². The van der Waals surface area contributed by atoms with Crippen molar-refractivity contribution >= 4 is 29.2 Å². The summed E-state index contributed by atoms with van der Waals surface area (Å²) in [6.45, 7) is 11.4. The van der Waals surface area contributed by atoms with Gasteiger partial charge in [-0.25, -0.2) is 9.37 Å². The molecule has 2 aromatic rings. The van der Waals surface area contributed by atoms with Crippen molar-refractivity contribution in [2.24, 2.45) is 0 Å². The number of carbonyl (C=O) groups excluding carboxylic acids is 2. The zero-order valence-corrected chi connectivity index (χ0v) is 24.4. The number of fused-ring (bicyclic) bond motifs is 2. The lowest BCUT2D eigenvalue weighted by Gasteiger charge is -2.42. The predicted octanol–water partition coefficient (Wildman–Crippen LogP) is 3.46. The Morgan fingerprint density at radius 1 is 1.20 bits per heavy atom. The van der Waals surface area contributed by atoms with Crippen LogP contribution in [-0.4, -0.2) is 108 Å². The number of aromatic nitrogens is 1. The minimum Gasteiger partial charge on any atom is -0.489 e. The molecule has 218 valence electrons. The lowest BCUT2D eigenvalue weighted by atomic mass is 9.97. The normalized spacial score (nSPS) is 24.3. The van der Waals surface area contributed by atoms with E-state index in [9.17, 15) is 9.59 Å². The zero-order chi connectivity index (χ0) is 29.1. The number of methoxy groups -OCH3 is 1. The van der Waals surface area contributed by atoms with Crippen molar-refractivity contribution in [2.45, 2.75) is 44.0 Å². The Hall–Kier alpha value is -3.21. The molecule has 1 unspecified atom stereocenters. The first-order chi connectivity index (χ1) is 19.6. The van der Waals surface area contributed by atoms with Crippen molar-refractivity contribution in [1.29, 1.82) is 0 Å². The summed E-state index contributed by atoms with van der Waals surface area (Å²) in [4.78, 5) is 39.6. The third kappa shape index (κ3) is 4.75. The largest absolute Gasteiger partial charge is 0.489 e. The topological polar surface area (TPSA) is 78.5 Å². The van der Waals surface area contributed by atoms with Crippen molar-refractivity contribution in [3.63, 3.8) is 0 Å². The fraction of sp³-hybridized carbons (Fsp3) is 0.500. The summed E-state index contributed by atoms with van der Waals surface area (Å²) >= 11 is 6.92. The Bertz CT molecular complexity index is 1400. The third-order valence-electron chi connectivity index (χ3n) is 8.91. The number of nitrogens with zero attached hydrogens (tertiary/aromatic N) is 5. The van der Waals surface area contributed by atoms with E-state index in [1.165, 1.54) is 12.1 Å². The summed E-state index contributed by atoms with van der Waals surface area (Å²) in [6, 6.07) is 6.19. The van der Waals surface area contributed by atoms with E-state index < -0.39 is 5.82 Å². The number of hydrogen-bond donors (Lipinski definition) is 0. The monoisotopic (exact) mass is 583 g/mol. The Labute approximate surface area is 244 Å². The van der Waals surface area contributed by atoms with Crippen LogP contribution in [0.1, 0.15) is 30.6 Å². The van der Waals surface area contributed by atoms with Gasteiger partial charge in [-0.2, -0.15) is 0 Å². The summed E-state index contributed by atoms with van der Waals surface area (Å²) in [5.41, 5.74) is 0.400. The van der Waals surface area contributed by atoms with Crippen LogP contribution in [-0.2, 0) is 9.53 Å². The first kappa shape index (κ1) is 27.9. The molecule has 0 bridgehead atoms. The minimum atomic E-state index is -0.464. The highest BCUT2D eigenvalue weighted by atomic mass is 35.5. The molecular formula is C30H35ClFN5O4. The molecule has 1 aromatic heterocycles. The fourth-order valence-corrected chi connectivity index (χ4v) is 6.84. The average molecular weight is 584 g/mol. The number of hydrogen-bond acceptors (Lipinski definition) is 7. The second kappa shape index (κ2) is 10.6. The van der Waals surface area contributed by atoms with Gasteiger partial charge in [-0.15, -0.1) is 0 Å². The second-order valence-electron chi connectivity index (χ2n) is 11.8. The van der Waals surface area contributed by atoms with E-state index in [4.69, 9.17) is 26.1 Å². The van der Waals surface area contributed by atoms with Gasteiger partial charge in [0.15, 0.2) is 5.75 Å². The van der Waals surface area contributed by atoms with Crippen molar-refractivity contribution < 1.29 is 23.5 Å². The highest BCUT2D eigenvalue weighted by Crippen LogP contribution is 2.47. The van der Waals surface area contributed by atoms with Gasteiger partial charge in [-0.1, -0.05) is 30.3 Å². The lowest BCUT2D eigenvalue weighted by Crippen LogP contribution is -2.57. The number of anilines is 1. The number of rotatable bonds is 5. The van der Waals surface area contributed by atoms with Crippen molar-refractivity contribution in [2.75, 3.05) is 57.9 Å². The van der Waals surface area contributed by atoms with Crippen LogP contribution in [0.15, 0.2) is 36.9 Å². The van der Waals surface area contributed by atoms with Crippen molar-refractivity contribution in [1.82, 2.24) is 19.7 Å². The molecule has 2 amide bonds. The first-order valence-electron chi connectivity index (χ1n) is 14.0. The van der Waals surface area contributed by atoms with Gasteiger partial charge < -0.3 is 24.2 Å². The van der Waals surface area contributed by atoms with Crippen LogP contribution in [0.2, 0.25) is 5.02 Å². The second-order valence-corrected chi connectivity index (χ2v) is 12.2. The molecule has 3 saturated heterocycles. The molecule has 11 heteroatoms. The summed E-state index contributed by atoms with van der Waals surface area (Å²) in [5, 5.41) is 0.0975. The van der Waals surface area contributed by atoms with Crippen LogP contribution >= 0.6 is 11.6 Å². The predicted molar refractivity (Wildman–Crippen MR) is 154 cm³/mol. The SMILES string of the molecule is C=CC(=O)N1CCN2C(=O)c3c(N4C[C@H](N5CC(OC)C5)CC4(C)C)nc(-c4ccccc4F)c(Cl)c3OCC2C1. The van der Waals surface area contributed by atoms with E-state index >= 15 is 4.39 Å². The number of amides is 2. The maximum absolute atomic E-state index is 15.1. The highest BCUT2D eigenvalue weighted by Gasteiger charge is 2.48. The number of pyridine rings is 1. The number of halogens is 2. The molecule has 9 nitrogen and oxygen atoms in total. The molecule has 6 rings (SSSR count). The van der Waals surface area contributed by atoms with Crippen LogP contribution in [0, 0.1) is 5.82 Å². The van der Waals surface area contributed by atoms with Gasteiger partial charge in [0.1, 0.15) is 28.8 Å². The maximum Gasteiger partial charge on any atom is 0.261 e. The Morgan fingerprint density at radius 2 is 1.95 bits per heavy atom. The van der Waals surface area contributed by atoms with Crippen molar-refractivity contribution in [3.8, 4) is 17.0 Å². The van der Waals surface area contributed by atoms with Gasteiger partial charge in [0.05, 0.1) is 17.8 Å². The lowest BCUT2D eigenvalue weighted by molar-refractivity contribution is -0.128. The molecule has 41 heavy (non-hydrogen) atoms. The quantitative estimate of drug-likeness (QED) is 0.499. The maximum atomic E-state index is 15.1. The van der Waals surface area contributed by atoms with Gasteiger partial charge >= 0.3 is 0 Å². The van der Waals surface area contributed by atoms with Gasteiger partial charge in [0.2, 0.25) is 5.91 Å². The van der Waals surface area contributed by atoms with E-state index in [0.29, 0.717) is 32.0 Å². The zero-order valence-electron chi connectivity index (χ0n) is 23.6. The minimum absolute atomic E-state index is 0.0975. The molecule has 4 aliphatic rings. The van der Waals surface area contributed by atoms with E-state index in [-0.39, 0.29) is 69.7 Å². The van der Waals surface area contributed by atoms with E-state index in [2.05, 4.69) is 30.2 Å². The van der Waals surface area contributed by atoms with E-state index in [0.717, 1.165) is 19.5 Å². The Morgan fingerprint density at radius 3 is 2.66 bits per heavy atom. The van der Waals surface area contributed by atoms with Crippen LogP contribution in [0.25, 0.3) is 11.3 Å². The number of carbonyl (C=O) groups is 2. The molecule has 2 atom stereocenters. The molecular weight excluding hydrogens is 549 g/mol. The standard InChI is InChI=1S/C30H35ClFN5O4/c1-5-23(38)34-10-11-36-19(13-34)17-41-27-24(29(36)39)28(33-26(25(27)31)21-8-6-7-9-22(21)32)37-14-18(12-30(37,2)3)35-15-20(16-35)40-4/h5-9,18-20H,1,10-17H2,2-4H3/t18-,19?/m1/s1. The summed E-state index contributed by atoms with van der Waals surface area (Å²) in [6.07, 6.45) is 2.36. The van der Waals surface area contributed by atoms with Gasteiger partial charge in [-0.05, 0) is 38.5 Å². The summed E-state index contributed by atoms with van der Waals surface area (Å²) in [5.74, 6) is -0.255. The van der Waals surface area contributed by atoms with E-state index in [1.54, 1.807) is 35.1 Å². The number of ether oxygens (including phenoxy) is 2. The number of likely N-dealkylation sites (tertiary alicyclic amines) is 1. The Balaban J connectivity index is 1.45. The molecule has 0 radical (unpaired) electrons. The third-order valence-corrected chi connectivity index (χ3v) is 9.26.